The first-order valence-electron chi connectivity index (χ1n) is 12.9. The van der Waals surface area contributed by atoms with Crippen molar-refractivity contribution in [3.05, 3.63) is 65.2 Å². The molecule has 9 nitrogen and oxygen atoms in total. The van der Waals surface area contributed by atoms with Crippen molar-refractivity contribution in [1.29, 1.82) is 0 Å². The number of rotatable bonds is 13. The van der Waals surface area contributed by atoms with Crippen LogP contribution in [-0.4, -0.2) is 71.9 Å². The Morgan fingerprint density at radius 2 is 1.58 bits per heavy atom. The van der Waals surface area contributed by atoms with E-state index in [1.807, 2.05) is 13.8 Å². The number of hydrogen-bond acceptors (Lipinski definition) is 7. The smallest absolute Gasteiger partial charge is 0.295 e. The Morgan fingerprint density at radius 1 is 1.00 bits per heavy atom. The summed E-state index contributed by atoms with van der Waals surface area (Å²) < 4.78 is 11.1. The number of nitrogens with zero attached hydrogens (tertiary/aromatic N) is 2. The van der Waals surface area contributed by atoms with Crippen LogP contribution in [0.3, 0.4) is 0 Å². The number of ether oxygens (including phenoxy) is 2. The van der Waals surface area contributed by atoms with Crippen molar-refractivity contribution in [3.8, 4) is 11.5 Å². The number of carbonyl (C=O) groups is 3. The molecule has 2 amide bonds. The first-order valence-corrected chi connectivity index (χ1v) is 12.9. The van der Waals surface area contributed by atoms with Crippen LogP contribution < -0.4 is 15.2 Å². The van der Waals surface area contributed by atoms with Gasteiger partial charge in [-0.2, -0.15) is 0 Å². The van der Waals surface area contributed by atoms with Gasteiger partial charge < -0.3 is 30.1 Å². The Bertz CT molecular complexity index is 1150. The molecule has 0 aliphatic carbocycles. The van der Waals surface area contributed by atoms with Gasteiger partial charge in [0, 0.05) is 18.7 Å². The van der Waals surface area contributed by atoms with Gasteiger partial charge in [-0.05, 0) is 61.0 Å². The maximum Gasteiger partial charge on any atom is 0.295 e. The molecule has 0 saturated carbocycles. The lowest BCUT2D eigenvalue weighted by atomic mass is 9.95. The highest BCUT2D eigenvalue weighted by Crippen LogP contribution is 2.40. The molecular weight excluding hydrogens is 486 g/mol. The number of aliphatic hydroxyl groups excluding tert-OH is 1. The number of carbonyl (C=O) groups excluding carboxylic acids is 3. The van der Waals surface area contributed by atoms with Gasteiger partial charge in [0.05, 0.1) is 18.2 Å². The summed E-state index contributed by atoms with van der Waals surface area (Å²) in [4.78, 5) is 41.2. The molecule has 0 spiro atoms. The molecule has 0 aromatic heterocycles. The molecule has 1 fully saturated rings. The van der Waals surface area contributed by atoms with Gasteiger partial charge >= 0.3 is 0 Å². The largest absolute Gasteiger partial charge is 0.507 e. The molecule has 38 heavy (non-hydrogen) atoms. The molecule has 204 valence electrons. The summed E-state index contributed by atoms with van der Waals surface area (Å²) in [6.45, 7) is 11.0. The number of hydrogen-bond donors (Lipinski definition) is 2. The molecule has 3 rings (SSSR count). The van der Waals surface area contributed by atoms with Crippen LogP contribution in [0.5, 0.6) is 11.5 Å². The minimum absolute atomic E-state index is 0.0243. The van der Waals surface area contributed by atoms with Crippen molar-refractivity contribution in [2.75, 3.05) is 39.4 Å². The van der Waals surface area contributed by atoms with E-state index >= 15 is 0 Å². The standard InChI is InChI=1S/C29H37N3O6/c1-5-31(6-2)15-16-32-26(20-7-11-23(12-8-20)38-18-24(30)33)25(28(35)29(32)36)27(34)21-9-13-22(14-10-21)37-17-19(3)4/h7-14,19,26,34H,5-6,15-18H2,1-4H3,(H2,30,33). The van der Waals surface area contributed by atoms with Crippen LogP contribution in [0.4, 0.5) is 0 Å². The molecule has 1 unspecified atom stereocenters. The summed E-state index contributed by atoms with van der Waals surface area (Å²) in [5, 5.41) is 11.3. The third-order valence-corrected chi connectivity index (χ3v) is 6.38. The van der Waals surface area contributed by atoms with Crippen LogP contribution in [0.1, 0.15) is 44.9 Å². The van der Waals surface area contributed by atoms with Gasteiger partial charge in [0.1, 0.15) is 17.3 Å². The van der Waals surface area contributed by atoms with Crippen LogP contribution in [0.2, 0.25) is 0 Å². The van der Waals surface area contributed by atoms with E-state index in [1.54, 1.807) is 48.5 Å². The van der Waals surface area contributed by atoms with E-state index in [0.717, 1.165) is 13.1 Å². The first kappa shape index (κ1) is 28.7. The average molecular weight is 524 g/mol. The monoisotopic (exact) mass is 523 g/mol. The van der Waals surface area contributed by atoms with Crippen molar-refractivity contribution >= 4 is 23.4 Å². The van der Waals surface area contributed by atoms with Crippen molar-refractivity contribution in [1.82, 2.24) is 9.80 Å². The van der Waals surface area contributed by atoms with Gasteiger partial charge in [-0.1, -0.05) is 39.8 Å². The van der Waals surface area contributed by atoms with E-state index in [4.69, 9.17) is 15.2 Å². The SMILES string of the molecule is CCN(CC)CCN1C(=O)C(=O)C(=C(O)c2ccc(OCC(C)C)cc2)C1c1ccc(OCC(N)=O)cc1. The number of ketones is 1. The Hall–Kier alpha value is -3.85. The fourth-order valence-electron chi connectivity index (χ4n) is 4.27. The van der Waals surface area contributed by atoms with Crippen LogP contribution in [-0.2, 0) is 14.4 Å². The normalized spacial score (nSPS) is 16.9. The lowest BCUT2D eigenvalue weighted by Gasteiger charge is -2.28. The summed E-state index contributed by atoms with van der Waals surface area (Å²) in [6.07, 6.45) is 0. The molecule has 0 bridgehead atoms. The lowest BCUT2D eigenvalue weighted by Crippen LogP contribution is -2.38. The molecule has 2 aromatic rings. The second-order valence-electron chi connectivity index (χ2n) is 9.57. The number of nitrogens with two attached hydrogens (primary N) is 1. The molecule has 1 aliphatic heterocycles. The number of likely N-dealkylation sites (N-methyl/N-ethyl adjacent to an activating group) is 1. The molecule has 1 aliphatic rings. The highest BCUT2D eigenvalue weighted by molar-refractivity contribution is 6.46. The minimum atomic E-state index is -0.785. The summed E-state index contributed by atoms with van der Waals surface area (Å²) in [7, 11) is 0. The van der Waals surface area contributed by atoms with Crippen molar-refractivity contribution in [2.24, 2.45) is 11.7 Å². The minimum Gasteiger partial charge on any atom is -0.507 e. The zero-order valence-electron chi connectivity index (χ0n) is 22.5. The van der Waals surface area contributed by atoms with E-state index < -0.39 is 23.6 Å². The number of primary amides is 1. The number of amides is 2. The van der Waals surface area contributed by atoms with E-state index in [1.165, 1.54) is 4.90 Å². The molecule has 3 N–H and O–H groups in total. The second-order valence-corrected chi connectivity index (χ2v) is 9.57. The topological polar surface area (TPSA) is 122 Å². The Morgan fingerprint density at radius 3 is 2.13 bits per heavy atom. The van der Waals surface area contributed by atoms with E-state index in [-0.39, 0.29) is 17.9 Å². The zero-order chi connectivity index (χ0) is 27.8. The quantitative estimate of drug-likeness (QED) is 0.235. The highest BCUT2D eigenvalue weighted by atomic mass is 16.5. The van der Waals surface area contributed by atoms with Crippen molar-refractivity contribution in [2.45, 2.75) is 33.7 Å². The molecule has 1 heterocycles. The first-order chi connectivity index (χ1) is 18.2. The predicted molar refractivity (Wildman–Crippen MR) is 145 cm³/mol. The Labute approximate surface area is 223 Å². The molecule has 0 radical (unpaired) electrons. The summed E-state index contributed by atoms with van der Waals surface area (Å²) in [5.41, 5.74) is 6.22. The molecule has 1 atom stereocenters. The number of aliphatic hydroxyl groups is 1. The van der Waals surface area contributed by atoms with Crippen molar-refractivity contribution < 1.29 is 29.0 Å². The lowest BCUT2D eigenvalue weighted by molar-refractivity contribution is -0.140. The number of likely N-dealkylation sites (tertiary alicyclic amines) is 1. The summed E-state index contributed by atoms with van der Waals surface area (Å²) in [5.74, 6) is -0.802. The number of Topliss-reactive ketones (excluding diaryl/α,β-unsaturated/α-hetero) is 1. The van der Waals surface area contributed by atoms with Gasteiger partial charge in [-0.15, -0.1) is 0 Å². The third kappa shape index (κ3) is 6.92. The zero-order valence-corrected chi connectivity index (χ0v) is 22.5. The average Bonchev–Trinajstić information content (AvgIpc) is 3.16. The number of benzene rings is 2. The van der Waals surface area contributed by atoms with Crippen LogP contribution in [0, 0.1) is 5.92 Å². The fourth-order valence-corrected chi connectivity index (χ4v) is 4.27. The van der Waals surface area contributed by atoms with Gasteiger partial charge in [0.25, 0.3) is 17.6 Å². The Kier molecular flexibility index (Phi) is 9.90. The second kappa shape index (κ2) is 13.1. The van der Waals surface area contributed by atoms with Gasteiger partial charge in [0.2, 0.25) is 0 Å². The Balaban J connectivity index is 1.99. The maximum absolute atomic E-state index is 13.3. The highest BCUT2D eigenvalue weighted by Gasteiger charge is 2.46. The molecule has 1 saturated heterocycles. The van der Waals surface area contributed by atoms with Crippen LogP contribution in [0.15, 0.2) is 54.1 Å². The van der Waals surface area contributed by atoms with Crippen LogP contribution in [0.25, 0.3) is 5.76 Å². The third-order valence-electron chi connectivity index (χ3n) is 6.38. The van der Waals surface area contributed by atoms with E-state index in [0.29, 0.717) is 48.2 Å². The summed E-state index contributed by atoms with van der Waals surface area (Å²) >= 11 is 0. The van der Waals surface area contributed by atoms with E-state index in [2.05, 4.69) is 18.7 Å². The molecular formula is C29H37N3O6. The predicted octanol–water partition coefficient (Wildman–Crippen LogP) is 3.35. The van der Waals surface area contributed by atoms with Gasteiger partial charge in [0.15, 0.2) is 6.61 Å². The maximum atomic E-state index is 13.3. The molecule has 9 heteroatoms. The van der Waals surface area contributed by atoms with Gasteiger partial charge in [-0.3, -0.25) is 14.4 Å². The summed E-state index contributed by atoms with van der Waals surface area (Å²) in [6, 6.07) is 12.7. The van der Waals surface area contributed by atoms with Crippen molar-refractivity contribution in [3.63, 3.8) is 0 Å². The molecule has 2 aromatic carbocycles. The van der Waals surface area contributed by atoms with E-state index in [9.17, 15) is 19.5 Å². The van der Waals surface area contributed by atoms with Gasteiger partial charge in [-0.25, -0.2) is 0 Å². The van der Waals surface area contributed by atoms with Crippen LogP contribution >= 0.6 is 0 Å². The fraction of sp³-hybridized carbons (Fsp3) is 0.414.